The van der Waals surface area contributed by atoms with Crippen LogP contribution in [0, 0.1) is 0 Å². The normalized spacial score (nSPS) is 12.0. The summed E-state index contributed by atoms with van der Waals surface area (Å²) in [5, 5.41) is 12.1. The molecule has 0 spiro atoms. The van der Waals surface area contributed by atoms with Crippen molar-refractivity contribution in [3.8, 4) is 11.4 Å². The molecular formula is C14H20N4O2S. The van der Waals surface area contributed by atoms with Gasteiger partial charge in [-0.25, -0.2) is 8.42 Å². The van der Waals surface area contributed by atoms with Crippen molar-refractivity contribution < 1.29 is 8.42 Å². The summed E-state index contributed by atoms with van der Waals surface area (Å²) in [6.07, 6.45) is 0. The smallest absolute Gasteiger partial charge is 0.204 e. The Bertz CT molecular complexity index is 690. The minimum absolute atomic E-state index is 0.0333. The van der Waals surface area contributed by atoms with Crippen molar-refractivity contribution in [2.45, 2.75) is 33.2 Å². The minimum Gasteiger partial charge on any atom is -0.229 e. The minimum atomic E-state index is -3.02. The van der Waals surface area contributed by atoms with E-state index in [-0.39, 0.29) is 18.1 Å². The molecule has 0 atom stereocenters. The number of nitrogens with zero attached hydrogens (tertiary/aromatic N) is 4. The van der Waals surface area contributed by atoms with Gasteiger partial charge in [-0.1, -0.05) is 45.0 Å². The van der Waals surface area contributed by atoms with Gasteiger partial charge in [-0.3, -0.25) is 0 Å². The first-order chi connectivity index (χ1) is 9.91. The van der Waals surface area contributed by atoms with E-state index in [1.54, 1.807) is 6.92 Å². The standard InChI is InChI=1S/C14H20N4O2S/c1-4-21(19,20)10-9-18-16-14(15-17-18)13-7-5-12(6-8-13)11(2)3/h5-8,11H,4,9-10H2,1-3H3. The molecule has 21 heavy (non-hydrogen) atoms. The summed E-state index contributed by atoms with van der Waals surface area (Å²) in [7, 11) is -3.02. The Morgan fingerprint density at radius 1 is 1.19 bits per heavy atom. The van der Waals surface area contributed by atoms with Crippen LogP contribution in [0.25, 0.3) is 11.4 Å². The van der Waals surface area contributed by atoms with Gasteiger partial charge >= 0.3 is 0 Å². The molecule has 0 amide bonds. The quantitative estimate of drug-likeness (QED) is 0.814. The molecule has 0 bridgehead atoms. The largest absolute Gasteiger partial charge is 0.229 e. The maximum absolute atomic E-state index is 11.5. The van der Waals surface area contributed by atoms with E-state index in [4.69, 9.17) is 0 Å². The molecule has 7 heteroatoms. The molecule has 2 aromatic rings. The summed E-state index contributed by atoms with van der Waals surface area (Å²) in [5.74, 6) is 1.15. The molecule has 0 saturated heterocycles. The summed E-state index contributed by atoms with van der Waals surface area (Å²) >= 11 is 0. The number of hydrogen-bond acceptors (Lipinski definition) is 5. The molecule has 0 N–H and O–H groups in total. The van der Waals surface area contributed by atoms with Gasteiger partial charge in [0.2, 0.25) is 5.82 Å². The molecular weight excluding hydrogens is 288 g/mol. The zero-order valence-electron chi connectivity index (χ0n) is 12.5. The number of sulfone groups is 1. The molecule has 1 heterocycles. The van der Waals surface area contributed by atoms with Crippen LogP contribution in [0.15, 0.2) is 24.3 Å². The Morgan fingerprint density at radius 2 is 1.86 bits per heavy atom. The molecule has 114 valence electrons. The maximum atomic E-state index is 11.5. The second kappa shape index (κ2) is 6.34. The van der Waals surface area contributed by atoms with Crippen LogP contribution < -0.4 is 0 Å². The Kier molecular flexibility index (Phi) is 4.72. The Hall–Kier alpha value is -1.76. The van der Waals surface area contributed by atoms with E-state index in [9.17, 15) is 8.42 Å². The third-order valence-electron chi connectivity index (χ3n) is 3.33. The van der Waals surface area contributed by atoms with Crippen LogP contribution >= 0.6 is 0 Å². The third-order valence-corrected chi connectivity index (χ3v) is 5.01. The monoisotopic (exact) mass is 308 g/mol. The van der Waals surface area contributed by atoms with Gasteiger partial charge in [0.05, 0.1) is 12.3 Å². The van der Waals surface area contributed by atoms with E-state index in [0.29, 0.717) is 11.7 Å². The topological polar surface area (TPSA) is 77.7 Å². The second-order valence-corrected chi connectivity index (χ2v) is 7.69. The van der Waals surface area contributed by atoms with Crippen LogP contribution in [-0.2, 0) is 16.4 Å². The first kappa shape index (κ1) is 15.6. The van der Waals surface area contributed by atoms with Gasteiger partial charge in [0, 0.05) is 11.3 Å². The summed E-state index contributed by atoms with van der Waals surface area (Å²) in [5.41, 5.74) is 2.13. The molecule has 0 unspecified atom stereocenters. The van der Waals surface area contributed by atoms with E-state index >= 15 is 0 Å². The highest BCUT2D eigenvalue weighted by Crippen LogP contribution is 2.19. The summed E-state index contributed by atoms with van der Waals surface area (Å²) < 4.78 is 22.9. The number of benzene rings is 1. The Labute approximate surface area is 125 Å². The Balaban J connectivity index is 2.09. The average molecular weight is 308 g/mol. The fourth-order valence-corrected chi connectivity index (χ4v) is 2.57. The Morgan fingerprint density at radius 3 is 2.43 bits per heavy atom. The van der Waals surface area contributed by atoms with Crippen LogP contribution in [0.4, 0.5) is 0 Å². The van der Waals surface area contributed by atoms with Gasteiger partial charge in [-0.05, 0) is 16.7 Å². The highest BCUT2D eigenvalue weighted by molar-refractivity contribution is 7.91. The van der Waals surface area contributed by atoms with Crippen LogP contribution in [-0.4, -0.2) is 40.1 Å². The fourth-order valence-electron chi connectivity index (χ4n) is 1.84. The zero-order chi connectivity index (χ0) is 15.5. The van der Waals surface area contributed by atoms with Crippen molar-refractivity contribution in [2.24, 2.45) is 0 Å². The predicted molar refractivity (Wildman–Crippen MR) is 81.7 cm³/mol. The summed E-state index contributed by atoms with van der Waals surface area (Å²) in [6, 6.07) is 8.00. The number of hydrogen-bond donors (Lipinski definition) is 0. The van der Waals surface area contributed by atoms with Crippen LogP contribution in [0.2, 0.25) is 0 Å². The molecule has 1 aromatic carbocycles. The lowest BCUT2D eigenvalue weighted by atomic mass is 10.0. The SMILES string of the molecule is CCS(=O)(=O)CCn1nnc(-c2ccc(C(C)C)cc2)n1. The van der Waals surface area contributed by atoms with Gasteiger partial charge in [-0.2, -0.15) is 4.80 Å². The lowest BCUT2D eigenvalue weighted by Crippen LogP contribution is -2.16. The average Bonchev–Trinajstić information content (AvgIpc) is 2.94. The molecule has 0 fully saturated rings. The fraction of sp³-hybridized carbons (Fsp3) is 0.500. The van der Waals surface area contributed by atoms with E-state index in [0.717, 1.165) is 5.56 Å². The van der Waals surface area contributed by atoms with Gasteiger partial charge in [0.1, 0.15) is 0 Å². The lowest BCUT2D eigenvalue weighted by molar-refractivity contribution is 0.538. The second-order valence-electron chi connectivity index (χ2n) is 5.22. The highest BCUT2D eigenvalue weighted by atomic mass is 32.2. The molecule has 0 aliphatic rings. The highest BCUT2D eigenvalue weighted by Gasteiger charge is 2.11. The van der Waals surface area contributed by atoms with Gasteiger partial charge < -0.3 is 0 Å². The zero-order valence-corrected chi connectivity index (χ0v) is 13.3. The first-order valence-corrected chi connectivity index (χ1v) is 8.82. The van der Waals surface area contributed by atoms with Crippen molar-refractivity contribution >= 4 is 9.84 Å². The third kappa shape index (κ3) is 4.10. The molecule has 2 rings (SSSR count). The number of tetrazole rings is 1. The van der Waals surface area contributed by atoms with Crippen LogP contribution in [0.3, 0.4) is 0 Å². The molecule has 0 aliphatic heterocycles. The molecule has 1 aromatic heterocycles. The number of aryl methyl sites for hydroxylation is 1. The van der Waals surface area contributed by atoms with E-state index in [1.807, 2.05) is 24.3 Å². The van der Waals surface area contributed by atoms with Crippen LogP contribution in [0.1, 0.15) is 32.3 Å². The summed E-state index contributed by atoms with van der Waals surface area (Å²) in [4.78, 5) is 1.33. The number of aromatic nitrogens is 4. The number of rotatable bonds is 6. The maximum Gasteiger partial charge on any atom is 0.204 e. The lowest BCUT2D eigenvalue weighted by Gasteiger charge is -2.04. The van der Waals surface area contributed by atoms with Crippen molar-refractivity contribution in [3.63, 3.8) is 0 Å². The van der Waals surface area contributed by atoms with Crippen molar-refractivity contribution in [1.82, 2.24) is 20.2 Å². The summed E-state index contributed by atoms with van der Waals surface area (Å²) in [6.45, 7) is 6.13. The van der Waals surface area contributed by atoms with E-state index < -0.39 is 9.84 Å². The molecule has 0 radical (unpaired) electrons. The van der Waals surface area contributed by atoms with Crippen molar-refractivity contribution in [2.75, 3.05) is 11.5 Å². The van der Waals surface area contributed by atoms with Crippen LogP contribution in [0.5, 0.6) is 0 Å². The van der Waals surface area contributed by atoms with E-state index in [1.165, 1.54) is 10.4 Å². The van der Waals surface area contributed by atoms with Gasteiger partial charge in [0.25, 0.3) is 0 Å². The molecule has 6 nitrogen and oxygen atoms in total. The predicted octanol–water partition coefficient (Wildman–Crippen LogP) is 1.90. The van der Waals surface area contributed by atoms with Gasteiger partial charge in [0.15, 0.2) is 9.84 Å². The van der Waals surface area contributed by atoms with Gasteiger partial charge in [-0.15, -0.1) is 10.2 Å². The molecule has 0 aliphatic carbocycles. The van der Waals surface area contributed by atoms with E-state index in [2.05, 4.69) is 29.3 Å². The first-order valence-electron chi connectivity index (χ1n) is 7.00. The molecule has 0 saturated carbocycles. The van der Waals surface area contributed by atoms with Crippen molar-refractivity contribution in [1.29, 1.82) is 0 Å². The van der Waals surface area contributed by atoms with Crippen molar-refractivity contribution in [3.05, 3.63) is 29.8 Å².